The SMILES string of the molecule is CCC(C)(CC(C)(C)C(=O)OCCN(C)C)C(=O)OC12CC3CC(CC(OC(=O)C(F)(F)F)(C3)C1)C2.CCC(C)(CC(C)(CC(C)(C)C(=O)OCCN(C)C)C(=O)OCCOC)C(=O)OC1C2CC3CC(C2)CC1C3.CCCCOC(=O)C(C)(CC(C)(C)C(=O)OCCN(C)C)CC(C)(CC)C(=O)OC1C2CC3CC(C2)CC1C3.CCCCOCOC12CC3CC(C1)CC(OC(=O)C(C)(CC)CC(C)(C)C(=O)OCCN(C)C)(C3)C2. The molecule has 862 valence electrons. The van der Waals surface area contributed by atoms with Gasteiger partial charge in [-0.2, -0.15) is 13.2 Å². The molecule has 16 saturated carbocycles. The summed E-state index contributed by atoms with van der Waals surface area (Å²) in [6.07, 6.45) is 23.1. The molecule has 10 unspecified atom stereocenters. The summed E-state index contributed by atoms with van der Waals surface area (Å²) >= 11 is 0. The maximum absolute atomic E-state index is 13.9. The molecule has 0 aromatic rings. The van der Waals surface area contributed by atoms with E-state index in [1.807, 2.05) is 166 Å². The van der Waals surface area contributed by atoms with Crippen LogP contribution in [0.1, 0.15) is 370 Å². The molecule has 150 heavy (non-hydrogen) atoms. The number of nitrogens with zero attached hydrogens (tertiary/aromatic N) is 4. The van der Waals surface area contributed by atoms with Crippen LogP contribution in [-0.4, -0.2) is 275 Å². The number of unbranched alkanes of at least 4 members (excludes halogenated alkanes) is 2. The van der Waals surface area contributed by atoms with E-state index < -0.39 is 101 Å². The number of ether oxygens (including phenoxy) is 14. The largest absolute Gasteiger partial charge is 0.490 e. The van der Waals surface area contributed by atoms with Gasteiger partial charge in [-0.3, -0.25) is 47.9 Å². The Hall–Kier alpha value is -6.32. The van der Waals surface area contributed by atoms with E-state index in [0.29, 0.717) is 139 Å². The quantitative estimate of drug-likeness (QED) is 0.0236. The lowest BCUT2D eigenvalue weighted by Crippen LogP contribution is -2.63. The molecule has 0 aromatic heterocycles. The second-order valence-corrected chi connectivity index (χ2v) is 54.2. The number of carbonyl (C=O) groups is 11. The Kier molecular flexibility index (Phi) is 44.5. The normalized spacial score (nSPS) is 30.0. The number of likely N-dealkylation sites (N-methyl/N-ethyl adjacent to an activating group) is 4. The Bertz CT molecular complexity index is 4250. The van der Waals surface area contributed by atoms with E-state index in [1.165, 1.54) is 70.6 Å². The van der Waals surface area contributed by atoms with Crippen molar-refractivity contribution in [1.82, 2.24) is 19.6 Å². The Morgan fingerprint density at radius 3 is 0.813 bits per heavy atom. The van der Waals surface area contributed by atoms with Crippen molar-refractivity contribution in [3.05, 3.63) is 0 Å². The van der Waals surface area contributed by atoms with Gasteiger partial charge in [0, 0.05) is 52.7 Å². The standard InChI is InChI=1S/C32H55NO6.C31H53NO7.C29H51NO6.C26H40F3NO6/c1-9-11-13-37-28(35)32(6,20-30(3,4)27(34)38-14-12-33(7)8)21-31(5,10-2)29(36)39-26-24-16-22-15-23(18-24)19-25(26)17-22;1-9-30(4,28(35)39-25-23-15-21-14-22(17-23)18-24(25)16-21)20-31(5,27(34)38-13-12-36-8)19-29(2,3)26(33)37-11-10-32(6)7;1-8-10-12-33-21-35-28-15-22-14-23(16-28)18-29(17-22,20-28)36-25(32)27(5,9-2)19-26(3,4)24(31)34-13-11-30(6)7;1-7-23(4,15-22(2,3)19(31)34-9-8-30(5)6)20(32)35-24-11-17-10-18(12-24)14-25(13-17,16-24)36-21(33)26(27,28)29/h22-26H,9-21H2,1-8H3;21-25H,9-20H2,1-8H3;22-23H,8-21H2,1-7H3;17-18H,7-16H2,1-6H3. The number of carbonyl (C=O) groups excluding carboxylic acids is 11. The summed E-state index contributed by atoms with van der Waals surface area (Å²) in [5, 5.41) is 0. The lowest BCUT2D eigenvalue weighted by molar-refractivity contribution is -0.258. The smallest absolute Gasteiger partial charge is 0.465 e. The van der Waals surface area contributed by atoms with Crippen LogP contribution >= 0.6 is 0 Å². The maximum Gasteiger partial charge on any atom is 0.490 e. The number of alkyl halides is 3. The van der Waals surface area contributed by atoms with Crippen LogP contribution in [0, 0.1) is 125 Å². The van der Waals surface area contributed by atoms with Crippen LogP contribution in [0.3, 0.4) is 0 Å². The summed E-state index contributed by atoms with van der Waals surface area (Å²) in [7, 11) is 16.9. The highest BCUT2D eigenvalue weighted by molar-refractivity contribution is 5.86. The van der Waals surface area contributed by atoms with Crippen molar-refractivity contribution >= 4 is 65.7 Å². The molecule has 0 heterocycles. The minimum absolute atomic E-state index is 0.00190. The predicted molar refractivity (Wildman–Crippen MR) is 565 cm³/mol. The molecule has 16 aliphatic carbocycles. The zero-order valence-electron chi connectivity index (χ0n) is 97.9. The maximum atomic E-state index is 13.9. The Balaban J connectivity index is 0.000000222. The first-order valence-corrected chi connectivity index (χ1v) is 57.3. The summed E-state index contributed by atoms with van der Waals surface area (Å²) in [5.74, 6) is 0.801. The molecule has 0 amide bonds. The molecule has 0 spiro atoms. The van der Waals surface area contributed by atoms with Crippen LogP contribution < -0.4 is 0 Å². The molecule has 29 nitrogen and oxygen atoms in total. The van der Waals surface area contributed by atoms with E-state index in [2.05, 4.69) is 6.92 Å². The summed E-state index contributed by atoms with van der Waals surface area (Å²) in [6, 6.07) is 0. The van der Waals surface area contributed by atoms with Gasteiger partial charge in [-0.15, -0.1) is 0 Å². The van der Waals surface area contributed by atoms with Crippen LogP contribution in [0.15, 0.2) is 0 Å². The fourth-order valence-electron chi connectivity index (χ4n) is 29.4. The lowest BCUT2D eigenvalue weighted by atomic mass is 9.52. The number of hydrogen-bond acceptors (Lipinski definition) is 29. The lowest BCUT2D eigenvalue weighted by Gasteiger charge is -2.61. The minimum Gasteiger partial charge on any atom is -0.465 e. The van der Waals surface area contributed by atoms with Crippen LogP contribution in [0.25, 0.3) is 0 Å². The topological polar surface area (TPSA) is 330 Å². The molecule has 32 heteroatoms. The molecular formula is C118H199F3N4O25. The average Bonchev–Trinajstić information content (AvgIpc) is 0.718. The molecule has 16 bridgehead atoms. The second-order valence-electron chi connectivity index (χ2n) is 54.2. The van der Waals surface area contributed by atoms with Gasteiger partial charge in [0.05, 0.1) is 73.0 Å². The van der Waals surface area contributed by atoms with Gasteiger partial charge in [-0.25, -0.2) is 4.79 Å². The van der Waals surface area contributed by atoms with Crippen molar-refractivity contribution in [3.8, 4) is 0 Å². The zero-order valence-corrected chi connectivity index (χ0v) is 97.9. The van der Waals surface area contributed by atoms with Gasteiger partial charge in [0.15, 0.2) is 0 Å². The molecule has 10 atom stereocenters. The third kappa shape index (κ3) is 33.6. The predicted octanol–water partition coefficient (Wildman–Crippen LogP) is 20.9. The molecule has 0 aromatic carbocycles. The van der Waals surface area contributed by atoms with Crippen LogP contribution in [0.4, 0.5) is 13.2 Å². The van der Waals surface area contributed by atoms with Gasteiger partial charge in [-0.1, -0.05) is 54.4 Å². The van der Waals surface area contributed by atoms with Crippen molar-refractivity contribution in [2.24, 2.45) is 125 Å². The molecule has 16 aliphatic rings. The van der Waals surface area contributed by atoms with Crippen molar-refractivity contribution in [2.75, 3.05) is 149 Å². The molecule has 16 rings (SSSR count). The van der Waals surface area contributed by atoms with Gasteiger partial charge < -0.3 is 85.9 Å². The fourth-order valence-corrected chi connectivity index (χ4v) is 29.4. The van der Waals surface area contributed by atoms with E-state index in [0.717, 1.165) is 94.5 Å². The van der Waals surface area contributed by atoms with Crippen LogP contribution in [0.5, 0.6) is 0 Å². The van der Waals surface area contributed by atoms with E-state index in [9.17, 15) is 65.9 Å². The van der Waals surface area contributed by atoms with Crippen molar-refractivity contribution < 1.29 is 132 Å². The third-order valence-electron chi connectivity index (χ3n) is 36.4. The minimum atomic E-state index is -5.07. The van der Waals surface area contributed by atoms with Gasteiger partial charge in [0.1, 0.15) is 68.8 Å². The van der Waals surface area contributed by atoms with E-state index in [4.69, 9.17) is 66.3 Å². The summed E-state index contributed by atoms with van der Waals surface area (Å²) in [5.41, 5.74) is -12.2. The molecule has 0 N–H and O–H groups in total. The number of halogens is 3. The third-order valence-corrected chi connectivity index (χ3v) is 36.4. The van der Waals surface area contributed by atoms with Crippen molar-refractivity contribution in [2.45, 2.75) is 410 Å². The highest BCUT2D eigenvalue weighted by Gasteiger charge is 2.66. The van der Waals surface area contributed by atoms with Crippen LogP contribution in [0.2, 0.25) is 0 Å². The molecule has 16 fully saturated rings. The zero-order chi connectivity index (χ0) is 112. The molecule has 0 saturated heterocycles. The molecule has 0 radical (unpaired) electrons. The highest BCUT2D eigenvalue weighted by Crippen LogP contribution is 2.65. The van der Waals surface area contributed by atoms with Crippen molar-refractivity contribution in [3.63, 3.8) is 0 Å². The first kappa shape index (κ1) is 127. The first-order chi connectivity index (χ1) is 69.7. The number of rotatable bonds is 55. The van der Waals surface area contributed by atoms with E-state index >= 15 is 0 Å². The van der Waals surface area contributed by atoms with E-state index in [-0.39, 0.29) is 143 Å². The first-order valence-electron chi connectivity index (χ1n) is 57.3. The molecular weight excluding hydrogens is 1930 g/mol. The van der Waals surface area contributed by atoms with E-state index in [1.54, 1.807) is 48.7 Å². The van der Waals surface area contributed by atoms with Crippen LogP contribution in [-0.2, 0) is 119 Å². The Morgan fingerprint density at radius 1 is 0.280 bits per heavy atom. The van der Waals surface area contributed by atoms with Gasteiger partial charge in [0.2, 0.25) is 0 Å². The monoisotopic (exact) mass is 2130 g/mol. The summed E-state index contributed by atoms with van der Waals surface area (Å²) in [6.45, 7) is 43.0. The molecule has 0 aliphatic heterocycles. The second kappa shape index (κ2) is 52.4. The van der Waals surface area contributed by atoms with Gasteiger partial charge in [-0.05, 0) is 430 Å². The number of hydrogen-bond donors (Lipinski definition) is 0. The van der Waals surface area contributed by atoms with Crippen molar-refractivity contribution in [1.29, 1.82) is 0 Å². The Morgan fingerprint density at radius 2 is 0.533 bits per heavy atom. The Labute approximate surface area is 897 Å². The summed E-state index contributed by atoms with van der Waals surface area (Å²) < 4.78 is 120. The fraction of sp³-hybridized carbons (Fsp3) is 0.907. The van der Waals surface area contributed by atoms with Gasteiger partial charge >= 0.3 is 71.8 Å². The number of methoxy groups -OCH3 is 1. The number of esters is 11. The highest BCUT2D eigenvalue weighted by atomic mass is 19.4. The average molecular weight is 2130 g/mol. The van der Waals surface area contributed by atoms with Gasteiger partial charge in [0.25, 0.3) is 0 Å². The summed E-state index contributed by atoms with van der Waals surface area (Å²) in [4.78, 5) is 154.